The largest absolute Gasteiger partial charge is 0.489 e. The highest BCUT2D eigenvalue weighted by atomic mass is 35.5. The van der Waals surface area contributed by atoms with Crippen LogP contribution in [0.4, 0.5) is 17.5 Å². The molecule has 0 aliphatic rings. The van der Waals surface area contributed by atoms with Gasteiger partial charge in [-0.1, -0.05) is 41.9 Å². The number of rotatable bonds is 5. The molecule has 0 bridgehead atoms. The van der Waals surface area contributed by atoms with Crippen LogP contribution in [-0.2, 0) is 6.61 Å². The first-order valence-corrected chi connectivity index (χ1v) is 7.41. The Labute approximate surface area is 139 Å². The van der Waals surface area contributed by atoms with Gasteiger partial charge in [0.05, 0.1) is 0 Å². The quantitative estimate of drug-likeness (QED) is 0.692. The molecule has 0 saturated carbocycles. The molecule has 6 heteroatoms. The fourth-order valence-corrected chi connectivity index (χ4v) is 2.26. The average Bonchev–Trinajstić information content (AvgIpc) is 2.53. The third-order valence-electron chi connectivity index (χ3n) is 3.06. The second-order valence-electron chi connectivity index (χ2n) is 4.86. The van der Waals surface area contributed by atoms with Crippen molar-refractivity contribution in [1.29, 1.82) is 0 Å². The van der Waals surface area contributed by atoms with Gasteiger partial charge in [0.2, 0.25) is 5.95 Å². The van der Waals surface area contributed by atoms with E-state index in [4.69, 9.17) is 22.1 Å². The lowest BCUT2D eigenvalue weighted by Crippen LogP contribution is -2.01. The Morgan fingerprint density at radius 3 is 2.61 bits per heavy atom. The molecule has 1 aromatic heterocycles. The monoisotopic (exact) mass is 326 g/mol. The summed E-state index contributed by atoms with van der Waals surface area (Å²) in [5.74, 6) is 1.51. The van der Waals surface area contributed by atoms with Crippen LogP contribution in [0.15, 0.2) is 60.7 Å². The molecule has 0 radical (unpaired) electrons. The standard InChI is InChI=1S/C17H15ClN4O/c18-15-10-16(22-17(19)21-15)20-13-6-4-5-12(9-13)11-23-14-7-2-1-3-8-14/h1-10H,11H2,(H3,19,20,21,22). The van der Waals surface area contributed by atoms with Crippen molar-refractivity contribution in [3.8, 4) is 5.75 Å². The van der Waals surface area contributed by atoms with Crippen molar-refractivity contribution in [2.45, 2.75) is 6.61 Å². The molecule has 3 rings (SSSR count). The molecule has 3 aromatic rings. The molecule has 0 amide bonds. The first kappa shape index (κ1) is 15.1. The molecule has 0 aliphatic carbocycles. The van der Waals surface area contributed by atoms with E-state index in [9.17, 15) is 0 Å². The van der Waals surface area contributed by atoms with Gasteiger partial charge < -0.3 is 15.8 Å². The highest BCUT2D eigenvalue weighted by molar-refractivity contribution is 6.29. The van der Waals surface area contributed by atoms with E-state index >= 15 is 0 Å². The van der Waals surface area contributed by atoms with Crippen LogP contribution in [0.5, 0.6) is 5.75 Å². The predicted octanol–water partition coefficient (Wildman–Crippen LogP) is 4.03. The molecule has 0 spiro atoms. The zero-order valence-corrected chi connectivity index (χ0v) is 13.0. The number of anilines is 3. The van der Waals surface area contributed by atoms with Crippen LogP contribution in [0.1, 0.15) is 5.56 Å². The molecule has 0 fully saturated rings. The average molecular weight is 327 g/mol. The molecule has 0 atom stereocenters. The summed E-state index contributed by atoms with van der Waals surface area (Å²) >= 11 is 5.87. The third-order valence-corrected chi connectivity index (χ3v) is 3.25. The smallest absolute Gasteiger partial charge is 0.223 e. The van der Waals surface area contributed by atoms with Crippen LogP contribution in [-0.4, -0.2) is 9.97 Å². The van der Waals surface area contributed by atoms with E-state index in [0.29, 0.717) is 17.6 Å². The van der Waals surface area contributed by atoms with E-state index in [0.717, 1.165) is 17.0 Å². The van der Waals surface area contributed by atoms with Crippen molar-refractivity contribution < 1.29 is 4.74 Å². The number of nitrogens with one attached hydrogen (secondary N) is 1. The lowest BCUT2D eigenvalue weighted by molar-refractivity contribution is 0.306. The third kappa shape index (κ3) is 4.34. The lowest BCUT2D eigenvalue weighted by atomic mass is 10.2. The van der Waals surface area contributed by atoms with Crippen molar-refractivity contribution in [3.63, 3.8) is 0 Å². The number of aromatic nitrogens is 2. The summed E-state index contributed by atoms with van der Waals surface area (Å²) in [5.41, 5.74) is 7.49. The van der Waals surface area contributed by atoms with Gasteiger partial charge in [0.15, 0.2) is 0 Å². The Kier molecular flexibility index (Phi) is 4.59. The first-order chi connectivity index (χ1) is 11.2. The number of benzene rings is 2. The minimum atomic E-state index is 0.128. The number of halogens is 1. The molecule has 116 valence electrons. The van der Waals surface area contributed by atoms with Crippen LogP contribution in [0.2, 0.25) is 5.15 Å². The SMILES string of the molecule is Nc1nc(Cl)cc(Nc2cccc(COc3ccccc3)c2)n1. The maximum Gasteiger partial charge on any atom is 0.223 e. The second-order valence-corrected chi connectivity index (χ2v) is 5.25. The summed E-state index contributed by atoms with van der Waals surface area (Å²) in [6.45, 7) is 0.478. The maximum atomic E-state index is 5.87. The van der Waals surface area contributed by atoms with E-state index in [2.05, 4.69) is 15.3 Å². The second kappa shape index (κ2) is 6.98. The summed E-state index contributed by atoms with van der Waals surface area (Å²) in [5, 5.41) is 3.45. The predicted molar refractivity (Wildman–Crippen MR) is 92.0 cm³/mol. The van der Waals surface area contributed by atoms with Crippen molar-refractivity contribution in [3.05, 3.63) is 71.4 Å². The van der Waals surface area contributed by atoms with Gasteiger partial charge in [0.25, 0.3) is 0 Å². The van der Waals surface area contributed by atoms with Crippen molar-refractivity contribution >= 4 is 29.1 Å². The number of para-hydroxylation sites is 1. The van der Waals surface area contributed by atoms with Crippen LogP contribution in [0.25, 0.3) is 0 Å². The summed E-state index contributed by atoms with van der Waals surface area (Å²) in [6.07, 6.45) is 0. The Morgan fingerprint density at radius 1 is 1.00 bits per heavy atom. The van der Waals surface area contributed by atoms with Gasteiger partial charge in [0.1, 0.15) is 23.3 Å². The van der Waals surface area contributed by atoms with Crippen LogP contribution in [0.3, 0.4) is 0 Å². The van der Waals surface area contributed by atoms with E-state index in [1.807, 2.05) is 54.6 Å². The molecular formula is C17H15ClN4O. The van der Waals surface area contributed by atoms with Crippen molar-refractivity contribution in [2.24, 2.45) is 0 Å². The van der Waals surface area contributed by atoms with Crippen LogP contribution < -0.4 is 15.8 Å². The molecule has 3 N–H and O–H groups in total. The maximum absolute atomic E-state index is 5.87. The van der Waals surface area contributed by atoms with Gasteiger partial charge in [-0.15, -0.1) is 0 Å². The van der Waals surface area contributed by atoms with Crippen LogP contribution >= 0.6 is 11.6 Å². The van der Waals surface area contributed by atoms with Crippen LogP contribution in [0, 0.1) is 0 Å². The number of hydrogen-bond acceptors (Lipinski definition) is 5. The molecular weight excluding hydrogens is 312 g/mol. The summed E-state index contributed by atoms with van der Waals surface area (Å²) in [6, 6.07) is 19.1. The van der Waals surface area contributed by atoms with E-state index in [1.165, 1.54) is 0 Å². The Bertz CT molecular complexity index is 775. The zero-order valence-electron chi connectivity index (χ0n) is 12.2. The first-order valence-electron chi connectivity index (χ1n) is 7.03. The van der Waals surface area contributed by atoms with Gasteiger partial charge in [0, 0.05) is 11.8 Å². The van der Waals surface area contributed by atoms with Gasteiger partial charge >= 0.3 is 0 Å². The van der Waals surface area contributed by atoms with E-state index < -0.39 is 0 Å². The highest BCUT2D eigenvalue weighted by Gasteiger charge is 2.03. The topological polar surface area (TPSA) is 73.1 Å². The van der Waals surface area contributed by atoms with E-state index in [1.54, 1.807) is 6.07 Å². The summed E-state index contributed by atoms with van der Waals surface area (Å²) < 4.78 is 5.74. The van der Waals surface area contributed by atoms with Crippen molar-refractivity contribution in [1.82, 2.24) is 9.97 Å². The number of ether oxygens (including phenoxy) is 1. The molecule has 0 saturated heterocycles. The van der Waals surface area contributed by atoms with E-state index in [-0.39, 0.29) is 5.95 Å². The van der Waals surface area contributed by atoms with Gasteiger partial charge in [-0.05, 0) is 29.8 Å². The molecule has 2 aromatic carbocycles. The molecule has 23 heavy (non-hydrogen) atoms. The Balaban J connectivity index is 1.69. The number of nitrogen functional groups attached to an aromatic ring is 1. The minimum absolute atomic E-state index is 0.128. The molecule has 0 unspecified atom stereocenters. The fraction of sp³-hybridized carbons (Fsp3) is 0.0588. The number of nitrogens with zero attached hydrogens (tertiary/aromatic N) is 2. The Hall–Kier alpha value is -2.79. The molecule has 5 nitrogen and oxygen atoms in total. The van der Waals surface area contributed by atoms with Gasteiger partial charge in [-0.25, -0.2) is 4.98 Å². The number of nitrogens with two attached hydrogens (primary N) is 1. The Morgan fingerprint density at radius 2 is 1.83 bits per heavy atom. The fourth-order valence-electron chi connectivity index (χ4n) is 2.07. The summed E-state index contributed by atoms with van der Waals surface area (Å²) in [7, 11) is 0. The summed E-state index contributed by atoms with van der Waals surface area (Å²) in [4.78, 5) is 7.92. The highest BCUT2D eigenvalue weighted by Crippen LogP contribution is 2.20. The molecule has 1 heterocycles. The van der Waals surface area contributed by atoms with Gasteiger partial charge in [-0.2, -0.15) is 4.98 Å². The number of hydrogen-bond donors (Lipinski definition) is 2. The normalized spacial score (nSPS) is 10.3. The van der Waals surface area contributed by atoms with Crippen molar-refractivity contribution in [2.75, 3.05) is 11.1 Å². The zero-order chi connectivity index (χ0) is 16.1. The van der Waals surface area contributed by atoms with Gasteiger partial charge in [-0.3, -0.25) is 0 Å². The minimum Gasteiger partial charge on any atom is -0.489 e. The lowest BCUT2D eigenvalue weighted by Gasteiger charge is -2.10. The molecule has 0 aliphatic heterocycles.